The molecule has 0 heterocycles. The van der Waals surface area contributed by atoms with E-state index in [-0.39, 0.29) is 51.2 Å². The Hall–Kier alpha value is -1.93. The van der Waals surface area contributed by atoms with E-state index in [1.165, 1.54) is 23.1 Å². The van der Waals surface area contributed by atoms with Crippen molar-refractivity contribution >= 4 is 12.0 Å². The van der Waals surface area contributed by atoms with E-state index in [4.69, 9.17) is 20.1 Å². The van der Waals surface area contributed by atoms with Gasteiger partial charge in [-0.05, 0) is 23.8 Å². The monoisotopic (exact) mass is 325 g/mol. The Bertz CT molecular complexity index is 488. The zero-order valence-corrected chi connectivity index (χ0v) is 12.8. The lowest BCUT2D eigenvalue weighted by molar-refractivity contribution is -0.127. The van der Waals surface area contributed by atoms with E-state index < -0.39 is 6.10 Å². The molecule has 23 heavy (non-hydrogen) atoms. The van der Waals surface area contributed by atoms with E-state index in [0.29, 0.717) is 0 Å². The zero-order valence-electron chi connectivity index (χ0n) is 12.8. The first-order valence-electron chi connectivity index (χ1n) is 7.30. The number of aliphatic hydroxyl groups excluding tert-OH is 3. The molecule has 0 saturated heterocycles. The molecule has 0 fully saturated rings. The van der Waals surface area contributed by atoms with Crippen molar-refractivity contribution in [2.75, 3.05) is 39.5 Å². The van der Waals surface area contributed by atoms with E-state index in [0.717, 1.165) is 5.56 Å². The number of phenolic OH excluding ortho intramolecular Hbond substituents is 1. The second-order valence-corrected chi connectivity index (χ2v) is 4.89. The highest BCUT2D eigenvalue weighted by Crippen LogP contribution is 2.10. The van der Waals surface area contributed by atoms with Crippen LogP contribution in [0.3, 0.4) is 0 Å². The topological polar surface area (TPSA) is 110 Å². The summed E-state index contributed by atoms with van der Waals surface area (Å²) in [4.78, 5) is 13.5. The standard InChI is InChI=1S/C16H23NO6/c18-9-7-17(8-10-23-12-15(21)11-19)16(22)6-3-13-1-4-14(20)5-2-13/h1-6,15,18-21H,7-12H2. The lowest BCUT2D eigenvalue weighted by Gasteiger charge is -2.20. The lowest BCUT2D eigenvalue weighted by Crippen LogP contribution is -2.35. The fourth-order valence-electron chi connectivity index (χ4n) is 1.76. The first-order valence-corrected chi connectivity index (χ1v) is 7.30. The van der Waals surface area contributed by atoms with E-state index >= 15 is 0 Å². The minimum absolute atomic E-state index is 0.0129. The summed E-state index contributed by atoms with van der Waals surface area (Å²) in [6.45, 7) is 0.0612. The molecular weight excluding hydrogens is 302 g/mol. The molecule has 0 radical (unpaired) electrons. The van der Waals surface area contributed by atoms with Gasteiger partial charge in [0.05, 0.1) is 26.4 Å². The molecule has 0 aromatic heterocycles. The summed E-state index contributed by atoms with van der Waals surface area (Å²) < 4.78 is 5.15. The summed E-state index contributed by atoms with van der Waals surface area (Å²) in [5.41, 5.74) is 0.766. The normalized spacial score (nSPS) is 12.5. The summed E-state index contributed by atoms with van der Waals surface area (Å²) in [6.07, 6.45) is 2.05. The molecule has 0 aliphatic heterocycles. The van der Waals surface area contributed by atoms with Crippen molar-refractivity contribution in [1.29, 1.82) is 0 Å². The van der Waals surface area contributed by atoms with E-state index in [9.17, 15) is 9.90 Å². The van der Waals surface area contributed by atoms with Crippen LogP contribution in [-0.2, 0) is 9.53 Å². The molecule has 1 aromatic rings. The van der Waals surface area contributed by atoms with Crippen LogP contribution >= 0.6 is 0 Å². The number of ether oxygens (including phenoxy) is 1. The minimum Gasteiger partial charge on any atom is -0.508 e. The average Bonchev–Trinajstić information content (AvgIpc) is 2.56. The molecule has 1 unspecified atom stereocenters. The Morgan fingerprint density at radius 1 is 1.22 bits per heavy atom. The molecule has 0 bridgehead atoms. The molecular formula is C16H23NO6. The van der Waals surface area contributed by atoms with Crippen molar-refractivity contribution in [1.82, 2.24) is 4.90 Å². The Balaban J connectivity index is 2.48. The van der Waals surface area contributed by atoms with Crippen molar-refractivity contribution in [3.8, 4) is 5.75 Å². The number of aromatic hydroxyl groups is 1. The van der Waals surface area contributed by atoms with Crippen molar-refractivity contribution in [2.45, 2.75) is 6.10 Å². The number of carbonyl (C=O) groups is 1. The maximum atomic E-state index is 12.1. The fourth-order valence-corrected chi connectivity index (χ4v) is 1.76. The number of phenols is 1. The van der Waals surface area contributed by atoms with Crippen LogP contribution < -0.4 is 0 Å². The van der Waals surface area contributed by atoms with Gasteiger partial charge in [0.25, 0.3) is 0 Å². The van der Waals surface area contributed by atoms with Crippen molar-refractivity contribution in [2.24, 2.45) is 0 Å². The maximum absolute atomic E-state index is 12.1. The maximum Gasteiger partial charge on any atom is 0.246 e. The van der Waals surface area contributed by atoms with Gasteiger partial charge in [-0.2, -0.15) is 0 Å². The van der Waals surface area contributed by atoms with Crippen molar-refractivity contribution in [3.05, 3.63) is 35.9 Å². The van der Waals surface area contributed by atoms with Crippen LogP contribution in [0.2, 0.25) is 0 Å². The molecule has 0 saturated carbocycles. The highest BCUT2D eigenvalue weighted by atomic mass is 16.5. The summed E-state index contributed by atoms with van der Waals surface area (Å²) in [7, 11) is 0. The number of rotatable bonds is 10. The quantitative estimate of drug-likeness (QED) is 0.344. The molecule has 7 heteroatoms. The van der Waals surface area contributed by atoms with Crippen LogP contribution in [0.15, 0.2) is 30.3 Å². The second-order valence-electron chi connectivity index (χ2n) is 4.89. The second kappa shape index (κ2) is 10.7. The molecule has 1 rings (SSSR count). The summed E-state index contributed by atoms with van der Waals surface area (Å²) in [5.74, 6) is -0.129. The Kier molecular flexibility index (Phi) is 8.93. The number of hydrogen-bond acceptors (Lipinski definition) is 6. The third kappa shape index (κ3) is 7.75. The molecule has 1 aromatic carbocycles. The van der Waals surface area contributed by atoms with Crippen LogP contribution in [0.5, 0.6) is 5.75 Å². The van der Waals surface area contributed by atoms with Gasteiger partial charge in [-0.1, -0.05) is 12.1 Å². The third-order valence-electron chi connectivity index (χ3n) is 3.02. The average molecular weight is 325 g/mol. The summed E-state index contributed by atoms with van der Waals surface area (Å²) in [6, 6.07) is 6.40. The van der Waals surface area contributed by atoms with Gasteiger partial charge in [0.2, 0.25) is 5.91 Å². The highest BCUT2D eigenvalue weighted by Gasteiger charge is 2.10. The predicted octanol–water partition coefficient (Wildman–Crippen LogP) is -0.404. The Morgan fingerprint density at radius 2 is 1.91 bits per heavy atom. The molecule has 1 amide bonds. The van der Waals surface area contributed by atoms with Gasteiger partial charge in [-0.15, -0.1) is 0 Å². The van der Waals surface area contributed by atoms with Crippen LogP contribution in [-0.4, -0.2) is 76.9 Å². The molecule has 0 aliphatic rings. The molecule has 7 nitrogen and oxygen atoms in total. The van der Waals surface area contributed by atoms with E-state index in [2.05, 4.69) is 0 Å². The molecule has 4 N–H and O–H groups in total. The molecule has 0 spiro atoms. The lowest BCUT2D eigenvalue weighted by atomic mass is 10.2. The van der Waals surface area contributed by atoms with E-state index in [1.807, 2.05) is 0 Å². The van der Waals surface area contributed by atoms with Crippen LogP contribution in [0, 0.1) is 0 Å². The van der Waals surface area contributed by atoms with Crippen molar-refractivity contribution in [3.63, 3.8) is 0 Å². The molecule has 1 atom stereocenters. The number of aliphatic hydroxyl groups is 3. The first-order chi connectivity index (χ1) is 11.1. The minimum atomic E-state index is -0.939. The number of nitrogens with zero attached hydrogens (tertiary/aromatic N) is 1. The molecule has 0 aliphatic carbocycles. The third-order valence-corrected chi connectivity index (χ3v) is 3.02. The largest absolute Gasteiger partial charge is 0.508 e. The first kappa shape index (κ1) is 19.1. The van der Waals surface area contributed by atoms with Crippen LogP contribution in [0.4, 0.5) is 0 Å². The van der Waals surface area contributed by atoms with Gasteiger partial charge in [-0.3, -0.25) is 4.79 Å². The fraction of sp³-hybridized carbons (Fsp3) is 0.438. The Labute approximate surface area is 135 Å². The zero-order chi connectivity index (χ0) is 17.1. The van der Waals surface area contributed by atoms with Gasteiger partial charge >= 0.3 is 0 Å². The summed E-state index contributed by atoms with van der Waals surface area (Å²) >= 11 is 0. The van der Waals surface area contributed by atoms with Crippen LogP contribution in [0.25, 0.3) is 6.08 Å². The predicted molar refractivity (Wildman–Crippen MR) is 84.7 cm³/mol. The molecule has 128 valence electrons. The number of benzene rings is 1. The highest BCUT2D eigenvalue weighted by molar-refractivity contribution is 5.91. The SMILES string of the molecule is O=C(C=Cc1ccc(O)cc1)N(CCO)CCOCC(O)CO. The van der Waals surface area contributed by atoms with Gasteiger partial charge in [0, 0.05) is 19.2 Å². The number of carbonyl (C=O) groups excluding carboxylic acids is 1. The van der Waals surface area contributed by atoms with E-state index in [1.54, 1.807) is 18.2 Å². The van der Waals surface area contributed by atoms with Crippen LogP contribution in [0.1, 0.15) is 5.56 Å². The van der Waals surface area contributed by atoms with Gasteiger partial charge in [0.15, 0.2) is 0 Å². The van der Waals surface area contributed by atoms with Gasteiger partial charge in [-0.25, -0.2) is 0 Å². The summed E-state index contributed by atoms with van der Waals surface area (Å²) in [5, 5.41) is 36.0. The van der Waals surface area contributed by atoms with Gasteiger partial charge < -0.3 is 30.1 Å². The smallest absolute Gasteiger partial charge is 0.246 e. The number of amides is 1. The Morgan fingerprint density at radius 3 is 2.52 bits per heavy atom. The van der Waals surface area contributed by atoms with Gasteiger partial charge in [0.1, 0.15) is 11.9 Å². The van der Waals surface area contributed by atoms with Crippen molar-refractivity contribution < 1.29 is 30.0 Å². The number of hydrogen-bond donors (Lipinski definition) is 4.